The molecule has 2 N–H and O–H groups in total. The Hall–Kier alpha value is -1.89. The summed E-state index contributed by atoms with van der Waals surface area (Å²) >= 11 is 0. The third kappa shape index (κ3) is 4.56. The van der Waals surface area contributed by atoms with E-state index in [1.165, 1.54) is 0 Å². The van der Waals surface area contributed by atoms with Crippen LogP contribution in [0, 0.1) is 0 Å². The fourth-order valence-corrected chi connectivity index (χ4v) is 2.59. The highest BCUT2D eigenvalue weighted by Gasteiger charge is 2.23. The number of piperazine rings is 1. The lowest BCUT2D eigenvalue weighted by atomic mass is 10.3. The molecule has 22 heavy (non-hydrogen) atoms. The van der Waals surface area contributed by atoms with Crippen LogP contribution >= 0.6 is 0 Å². The summed E-state index contributed by atoms with van der Waals surface area (Å²) in [5.41, 5.74) is 0. The molecule has 0 aromatic carbocycles. The van der Waals surface area contributed by atoms with Gasteiger partial charge in [-0.1, -0.05) is 0 Å². The number of rotatable bonds is 6. The zero-order valence-corrected chi connectivity index (χ0v) is 12.9. The van der Waals surface area contributed by atoms with E-state index in [0.717, 1.165) is 64.5 Å². The highest BCUT2D eigenvalue weighted by atomic mass is 16.2. The summed E-state index contributed by atoms with van der Waals surface area (Å²) in [6, 6.07) is 2.24. The standard InChI is InChI=1S/C15H24N6O/c22-15(19-13-3-4-13)18-7-2-8-20-9-11-21(12-10-20)14-16-5-1-6-17-14/h1,5-6,13H,2-4,7-12H2,(H2,18,19,22). The third-order valence-corrected chi connectivity index (χ3v) is 4.06. The van der Waals surface area contributed by atoms with Crippen molar-refractivity contribution in [2.45, 2.75) is 25.3 Å². The predicted octanol–water partition coefficient (Wildman–Crippen LogP) is 0.450. The van der Waals surface area contributed by atoms with Crippen molar-refractivity contribution in [3.05, 3.63) is 18.5 Å². The van der Waals surface area contributed by atoms with Crippen molar-refractivity contribution >= 4 is 12.0 Å². The van der Waals surface area contributed by atoms with Gasteiger partial charge in [0.1, 0.15) is 0 Å². The second-order valence-corrected chi connectivity index (χ2v) is 5.91. The molecule has 1 aliphatic carbocycles. The average molecular weight is 304 g/mol. The zero-order chi connectivity index (χ0) is 15.2. The van der Waals surface area contributed by atoms with E-state index in [1.807, 2.05) is 6.07 Å². The molecule has 0 atom stereocenters. The molecule has 7 nitrogen and oxygen atoms in total. The topological polar surface area (TPSA) is 73.4 Å². The molecule has 1 aromatic heterocycles. The van der Waals surface area contributed by atoms with Gasteiger partial charge in [0.05, 0.1) is 0 Å². The van der Waals surface area contributed by atoms with Gasteiger partial charge in [-0.15, -0.1) is 0 Å². The van der Waals surface area contributed by atoms with Crippen LogP contribution in [0.1, 0.15) is 19.3 Å². The van der Waals surface area contributed by atoms with Crippen LogP contribution in [0.2, 0.25) is 0 Å². The Bertz CT molecular complexity index is 470. The summed E-state index contributed by atoms with van der Waals surface area (Å²) in [5.74, 6) is 0.820. The summed E-state index contributed by atoms with van der Waals surface area (Å²) in [5, 5.41) is 5.85. The summed E-state index contributed by atoms with van der Waals surface area (Å²) in [6.45, 7) is 5.71. The van der Waals surface area contributed by atoms with Gasteiger partial charge < -0.3 is 15.5 Å². The number of hydrogen-bond acceptors (Lipinski definition) is 5. The van der Waals surface area contributed by atoms with Gasteiger partial charge in [-0.3, -0.25) is 4.90 Å². The van der Waals surface area contributed by atoms with Crippen LogP contribution in [0.5, 0.6) is 0 Å². The number of nitrogens with one attached hydrogen (secondary N) is 2. The summed E-state index contributed by atoms with van der Waals surface area (Å²) in [6.07, 6.45) is 6.81. The van der Waals surface area contributed by atoms with E-state index in [1.54, 1.807) is 12.4 Å². The van der Waals surface area contributed by atoms with Crippen LogP contribution in [-0.2, 0) is 0 Å². The fraction of sp³-hybridized carbons (Fsp3) is 0.667. The van der Waals surface area contributed by atoms with E-state index >= 15 is 0 Å². The van der Waals surface area contributed by atoms with Crippen molar-refractivity contribution in [2.24, 2.45) is 0 Å². The first kappa shape index (κ1) is 15.0. The molecular weight excluding hydrogens is 280 g/mol. The van der Waals surface area contributed by atoms with Crippen LogP contribution in [0.4, 0.5) is 10.7 Å². The van der Waals surface area contributed by atoms with Gasteiger partial charge in [-0.05, 0) is 31.9 Å². The minimum atomic E-state index is -0.0199. The minimum absolute atomic E-state index is 0.0199. The molecule has 1 aromatic rings. The van der Waals surface area contributed by atoms with Crippen molar-refractivity contribution in [1.29, 1.82) is 0 Å². The predicted molar refractivity (Wildman–Crippen MR) is 84.9 cm³/mol. The van der Waals surface area contributed by atoms with E-state index in [4.69, 9.17) is 0 Å². The maximum atomic E-state index is 11.5. The molecule has 2 amide bonds. The quantitative estimate of drug-likeness (QED) is 0.747. The molecule has 0 bridgehead atoms. The van der Waals surface area contributed by atoms with Crippen molar-refractivity contribution in [3.8, 4) is 0 Å². The number of aromatic nitrogens is 2. The molecule has 0 spiro atoms. The molecule has 2 fully saturated rings. The number of amides is 2. The van der Waals surface area contributed by atoms with Gasteiger partial charge in [0.15, 0.2) is 0 Å². The third-order valence-electron chi connectivity index (χ3n) is 4.06. The Morgan fingerprint density at radius 3 is 2.59 bits per heavy atom. The summed E-state index contributed by atoms with van der Waals surface area (Å²) < 4.78 is 0. The molecule has 1 saturated heterocycles. The second kappa shape index (κ2) is 7.40. The van der Waals surface area contributed by atoms with Crippen molar-refractivity contribution in [2.75, 3.05) is 44.2 Å². The molecule has 120 valence electrons. The highest BCUT2D eigenvalue weighted by Crippen LogP contribution is 2.18. The average Bonchev–Trinajstić information content (AvgIpc) is 3.37. The minimum Gasteiger partial charge on any atom is -0.338 e. The maximum absolute atomic E-state index is 11.5. The zero-order valence-electron chi connectivity index (χ0n) is 12.9. The molecule has 2 heterocycles. The fourth-order valence-electron chi connectivity index (χ4n) is 2.59. The summed E-state index contributed by atoms with van der Waals surface area (Å²) in [4.78, 5) is 24.7. The lowest BCUT2D eigenvalue weighted by Gasteiger charge is -2.34. The number of anilines is 1. The largest absolute Gasteiger partial charge is 0.338 e. The normalized spacial score (nSPS) is 19.0. The lowest BCUT2D eigenvalue weighted by Crippen LogP contribution is -2.47. The lowest BCUT2D eigenvalue weighted by molar-refractivity contribution is 0.235. The first-order valence-electron chi connectivity index (χ1n) is 8.10. The monoisotopic (exact) mass is 304 g/mol. The van der Waals surface area contributed by atoms with E-state index < -0.39 is 0 Å². The molecule has 0 unspecified atom stereocenters. The van der Waals surface area contributed by atoms with Crippen LogP contribution in [0.25, 0.3) is 0 Å². The number of hydrogen-bond donors (Lipinski definition) is 2. The number of urea groups is 1. The van der Waals surface area contributed by atoms with E-state index in [9.17, 15) is 4.79 Å². The number of nitrogens with zero attached hydrogens (tertiary/aromatic N) is 4. The van der Waals surface area contributed by atoms with Gasteiger partial charge in [0, 0.05) is 51.2 Å². The Labute approximate surface area is 131 Å². The van der Waals surface area contributed by atoms with E-state index in [2.05, 4.69) is 30.4 Å². The van der Waals surface area contributed by atoms with Gasteiger partial charge in [0.2, 0.25) is 5.95 Å². The van der Waals surface area contributed by atoms with Gasteiger partial charge in [0.25, 0.3) is 0 Å². The molecular formula is C15H24N6O. The first-order chi connectivity index (χ1) is 10.8. The maximum Gasteiger partial charge on any atom is 0.315 e. The van der Waals surface area contributed by atoms with E-state index in [-0.39, 0.29) is 6.03 Å². The Kier molecular flexibility index (Phi) is 5.05. The van der Waals surface area contributed by atoms with Crippen molar-refractivity contribution in [1.82, 2.24) is 25.5 Å². The first-order valence-corrected chi connectivity index (χ1v) is 8.10. The Balaban J connectivity index is 1.28. The molecule has 1 saturated carbocycles. The smallest absolute Gasteiger partial charge is 0.315 e. The summed E-state index contributed by atoms with van der Waals surface area (Å²) in [7, 11) is 0. The van der Waals surface area contributed by atoms with Crippen LogP contribution < -0.4 is 15.5 Å². The SMILES string of the molecule is O=C(NCCCN1CCN(c2ncccn2)CC1)NC1CC1. The Morgan fingerprint density at radius 2 is 1.91 bits per heavy atom. The molecule has 3 rings (SSSR count). The molecule has 1 aliphatic heterocycles. The van der Waals surface area contributed by atoms with Gasteiger partial charge >= 0.3 is 6.03 Å². The van der Waals surface area contributed by atoms with E-state index in [0.29, 0.717) is 6.04 Å². The van der Waals surface area contributed by atoms with Crippen molar-refractivity contribution in [3.63, 3.8) is 0 Å². The van der Waals surface area contributed by atoms with Crippen LogP contribution in [0.15, 0.2) is 18.5 Å². The number of carbonyl (C=O) groups excluding carboxylic acids is 1. The second-order valence-electron chi connectivity index (χ2n) is 5.91. The van der Waals surface area contributed by atoms with Crippen LogP contribution in [-0.4, -0.2) is 66.2 Å². The molecule has 0 radical (unpaired) electrons. The van der Waals surface area contributed by atoms with Gasteiger partial charge in [-0.25, -0.2) is 14.8 Å². The molecule has 2 aliphatic rings. The Morgan fingerprint density at radius 1 is 1.18 bits per heavy atom. The molecule has 7 heteroatoms. The van der Waals surface area contributed by atoms with Crippen LogP contribution in [0.3, 0.4) is 0 Å². The van der Waals surface area contributed by atoms with Gasteiger partial charge in [-0.2, -0.15) is 0 Å². The highest BCUT2D eigenvalue weighted by molar-refractivity contribution is 5.74. The number of carbonyl (C=O) groups is 1. The van der Waals surface area contributed by atoms with Crippen molar-refractivity contribution < 1.29 is 4.79 Å².